The van der Waals surface area contributed by atoms with E-state index in [0.29, 0.717) is 5.41 Å². The molecule has 0 amide bonds. The van der Waals surface area contributed by atoms with Crippen LogP contribution in [0.5, 0.6) is 0 Å². The predicted molar refractivity (Wildman–Crippen MR) is 88.3 cm³/mol. The molecule has 106 valence electrons. The average Bonchev–Trinajstić information content (AvgIpc) is 2.45. The van der Waals surface area contributed by atoms with Gasteiger partial charge in [-0.25, -0.2) is 0 Å². The number of benzene rings is 1. The summed E-state index contributed by atoms with van der Waals surface area (Å²) in [5.41, 5.74) is 1.77. The van der Waals surface area contributed by atoms with Crippen molar-refractivity contribution in [3.05, 3.63) is 48.6 Å². The molecule has 0 unspecified atom stereocenters. The largest absolute Gasteiger partial charge is 0.103 e. The van der Waals surface area contributed by atoms with Gasteiger partial charge in [0.2, 0.25) is 0 Å². The molecular weight excluding hydrogens is 216 g/mol. The van der Waals surface area contributed by atoms with Gasteiger partial charge < -0.3 is 0 Å². The zero-order valence-corrected chi connectivity index (χ0v) is 13.9. The summed E-state index contributed by atoms with van der Waals surface area (Å²) in [6.45, 7) is 20.0. The SMILES string of the molecule is C=CC.CC.CC.CCC(C)(C)c1ccccc1. The first-order chi connectivity index (χ1) is 8.58. The molecule has 0 N–H and O–H groups in total. The lowest BCUT2D eigenvalue weighted by Gasteiger charge is -2.22. The second kappa shape index (κ2) is 16.0. The van der Waals surface area contributed by atoms with Crippen LogP contribution in [-0.4, -0.2) is 0 Å². The van der Waals surface area contributed by atoms with Crippen LogP contribution < -0.4 is 0 Å². The Labute approximate surface area is 116 Å². The van der Waals surface area contributed by atoms with Crippen molar-refractivity contribution in [3.8, 4) is 0 Å². The molecule has 1 rings (SSSR count). The smallest absolute Gasteiger partial charge is 0.0106 e. The van der Waals surface area contributed by atoms with Crippen molar-refractivity contribution in [2.45, 2.75) is 67.2 Å². The van der Waals surface area contributed by atoms with Gasteiger partial charge in [-0.1, -0.05) is 84.9 Å². The topological polar surface area (TPSA) is 0 Å². The Hall–Kier alpha value is -1.04. The van der Waals surface area contributed by atoms with E-state index in [1.165, 1.54) is 12.0 Å². The van der Waals surface area contributed by atoms with Crippen LogP contribution in [0.15, 0.2) is 43.0 Å². The molecule has 1 aromatic rings. The number of hydrogen-bond acceptors (Lipinski definition) is 0. The molecule has 0 radical (unpaired) electrons. The average molecular weight is 250 g/mol. The Kier molecular flexibility index (Phi) is 19.7. The van der Waals surface area contributed by atoms with Gasteiger partial charge in [-0.15, -0.1) is 6.58 Å². The lowest BCUT2D eigenvalue weighted by Crippen LogP contribution is -2.14. The summed E-state index contributed by atoms with van der Waals surface area (Å²) in [6, 6.07) is 10.7. The minimum Gasteiger partial charge on any atom is -0.103 e. The van der Waals surface area contributed by atoms with Crippen LogP contribution in [-0.2, 0) is 5.41 Å². The van der Waals surface area contributed by atoms with E-state index < -0.39 is 0 Å². The molecule has 0 spiro atoms. The zero-order valence-electron chi connectivity index (χ0n) is 13.9. The van der Waals surface area contributed by atoms with E-state index in [2.05, 4.69) is 57.7 Å². The van der Waals surface area contributed by atoms with E-state index in [-0.39, 0.29) is 0 Å². The number of hydrogen-bond donors (Lipinski definition) is 0. The van der Waals surface area contributed by atoms with Crippen molar-refractivity contribution < 1.29 is 0 Å². The van der Waals surface area contributed by atoms with Crippen LogP contribution in [0, 0.1) is 0 Å². The van der Waals surface area contributed by atoms with E-state index in [1.54, 1.807) is 6.08 Å². The Morgan fingerprint density at radius 2 is 1.33 bits per heavy atom. The summed E-state index contributed by atoms with van der Waals surface area (Å²) in [5, 5.41) is 0. The summed E-state index contributed by atoms with van der Waals surface area (Å²) in [4.78, 5) is 0. The third kappa shape index (κ3) is 11.4. The van der Waals surface area contributed by atoms with Gasteiger partial charge in [0.1, 0.15) is 0 Å². The lowest BCUT2D eigenvalue weighted by molar-refractivity contribution is 0.506. The monoisotopic (exact) mass is 250 g/mol. The molecule has 0 nitrogen and oxygen atoms in total. The Morgan fingerprint density at radius 1 is 1.00 bits per heavy atom. The summed E-state index contributed by atoms with van der Waals surface area (Å²) in [6.07, 6.45) is 2.94. The molecule has 0 aliphatic carbocycles. The van der Waals surface area contributed by atoms with Crippen LogP contribution >= 0.6 is 0 Å². The Bertz CT molecular complexity index is 244. The minimum absolute atomic E-state index is 0.335. The third-order valence-electron chi connectivity index (χ3n) is 2.44. The van der Waals surface area contributed by atoms with Crippen LogP contribution in [0.4, 0.5) is 0 Å². The molecule has 0 aliphatic heterocycles. The maximum Gasteiger partial charge on any atom is -0.0106 e. The molecule has 0 saturated heterocycles. The summed E-state index contributed by atoms with van der Waals surface area (Å²) >= 11 is 0. The van der Waals surface area contributed by atoms with Crippen LogP contribution in [0.1, 0.15) is 67.4 Å². The van der Waals surface area contributed by atoms with Gasteiger partial charge in [0.15, 0.2) is 0 Å². The van der Waals surface area contributed by atoms with Crippen molar-refractivity contribution in [3.63, 3.8) is 0 Å². The van der Waals surface area contributed by atoms with Gasteiger partial charge in [0, 0.05) is 0 Å². The fraction of sp³-hybridized carbons (Fsp3) is 0.556. The highest BCUT2D eigenvalue weighted by atomic mass is 14.2. The minimum atomic E-state index is 0.335. The van der Waals surface area contributed by atoms with Gasteiger partial charge in [0.25, 0.3) is 0 Å². The molecule has 0 heterocycles. The molecule has 0 atom stereocenters. The predicted octanol–water partition coefficient (Wildman–Crippen LogP) is 6.62. The highest BCUT2D eigenvalue weighted by Crippen LogP contribution is 2.25. The molecular formula is C18H34. The quantitative estimate of drug-likeness (QED) is 0.517. The first-order valence-electron chi connectivity index (χ1n) is 7.21. The Balaban J connectivity index is -0.000000274. The number of rotatable bonds is 2. The molecule has 0 bridgehead atoms. The lowest BCUT2D eigenvalue weighted by atomic mass is 9.82. The van der Waals surface area contributed by atoms with Crippen molar-refractivity contribution in [2.75, 3.05) is 0 Å². The van der Waals surface area contributed by atoms with Crippen LogP contribution in [0.3, 0.4) is 0 Å². The van der Waals surface area contributed by atoms with Crippen molar-refractivity contribution >= 4 is 0 Å². The molecule has 0 fully saturated rings. The molecule has 0 saturated carbocycles. The molecule has 0 aliphatic rings. The highest BCUT2D eigenvalue weighted by molar-refractivity contribution is 5.22. The molecule has 1 aromatic carbocycles. The van der Waals surface area contributed by atoms with E-state index in [4.69, 9.17) is 0 Å². The first kappa shape index (κ1) is 22.2. The van der Waals surface area contributed by atoms with Crippen LogP contribution in [0.25, 0.3) is 0 Å². The maximum atomic E-state index is 3.36. The van der Waals surface area contributed by atoms with E-state index in [9.17, 15) is 0 Å². The second-order valence-electron chi connectivity index (χ2n) is 4.01. The Morgan fingerprint density at radius 3 is 1.61 bits per heavy atom. The summed E-state index contributed by atoms with van der Waals surface area (Å²) < 4.78 is 0. The van der Waals surface area contributed by atoms with Gasteiger partial charge in [-0.2, -0.15) is 0 Å². The van der Waals surface area contributed by atoms with Gasteiger partial charge in [-0.3, -0.25) is 0 Å². The standard InChI is InChI=1S/C11H16.C3H6.2C2H6/c1-4-11(2,3)10-8-6-5-7-9-10;1-3-2;2*1-2/h5-9H,4H2,1-3H3;3H,1H2,2H3;2*1-2H3. The van der Waals surface area contributed by atoms with E-state index in [1.807, 2.05) is 34.6 Å². The van der Waals surface area contributed by atoms with E-state index >= 15 is 0 Å². The van der Waals surface area contributed by atoms with Crippen molar-refractivity contribution in [1.82, 2.24) is 0 Å². The summed E-state index contributed by atoms with van der Waals surface area (Å²) in [7, 11) is 0. The highest BCUT2D eigenvalue weighted by Gasteiger charge is 2.16. The fourth-order valence-corrected chi connectivity index (χ4v) is 1.09. The number of allylic oxidation sites excluding steroid dienone is 1. The zero-order chi connectivity index (χ0) is 15.0. The first-order valence-corrected chi connectivity index (χ1v) is 7.21. The molecule has 0 heteroatoms. The van der Waals surface area contributed by atoms with Crippen LogP contribution in [0.2, 0.25) is 0 Å². The van der Waals surface area contributed by atoms with E-state index in [0.717, 1.165) is 0 Å². The molecule has 18 heavy (non-hydrogen) atoms. The maximum absolute atomic E-state index is 3.36. The van der Waals surface area contributed by atoms with Crippen molar-refractivity contribution in [2.24, 2.45) is 0 Å². The second-order valence-corrected chi connectivity index (χ2v) is 4.01. The summed E-state index contributed by atoms with van der Waals surface area (Å²) in [5.74, 6) is 0. The fourth-order valence-electron chi connectivity index (χ4n) is 1.09. The normalized spacial score (nSPS) is 8.44. The van der Waals surface area contributed by atoms with Gasteiger partial charge >= 0.3 is 0 Å². The van der Waals surface area contributed by atoms with Crippen molar-refractivity contribution in [1.29, 1.82) is 0 Å². The van der Waals surface area contributed by atoms with Gasteiger partial charge in [-0.05, 0) is 24.3 Å². The molecule has 0 aromatic heterocycles. The van der Waals surface area contributed by atoms with Gasteiger partial charge in [0.05, 0.1) is 0 Å². The third-order valence-corrected chi connectivity index (χ3v) is 2.44.